The predicted octanol–water partition coefficient (Wildman–Crippen LogP) is 1.79. The maximum absolute atomic E-state index is 13.0. The van der Waals surface area contributed by atoms with Crippen LogP contribution < -0.4 is 11.1 Å². The molecule has 21 heavy (non-hydrogen) atoms. The molecule has 0 fully saturated rings. The lowest BCUT2D eigenvalue weighted by Gasteiger charge is -2.26. The lowest BCUT2D eigenvalue weighted by molar-refractivity contribution is -0.120. The predicted molar refractivity (Wildman–Crippen MR) is 77.9 cm³/mol. The molecular formula is C15H19FN4O. The normalized spacial score (nSPS) is 15.4. The van der Waals surface area contributed by atoms with E-state index in [9.17, 15) is 9.18 Å². The molecule has 0 saturated carbocycles. The van der Waals surface area contributed by atoms with Gasteiger partial charge in [0.1, 0.15) is 11.9 Å². The molecular weight excluding hydrogens is 271 g/mol. The summed E-state index contributed by atoms with van der Waals surface area (Å²) < 4.78 is 14.8. The van der Waals surface area contributed by atoms with Crippen molar-refractivity contribution in [2.45, 2.75) is 32.0 Å². The summed E-state index contributed by atoms with van der Waals surface area (Å²) in [6, 6.07) is 6.91. The van der Waals surface area contributed by atoms with Crippen LogP contribution in [0.3, 0.4) is 0 Å². The first kappa shape index (κ1) is 15.2. The van der Waals surface area contributed by atoms with Crippen LogP contribution in [0.4, 0.5) is 4.39 Å². The summed E-state index contributed by atoms with van der Waals surface area (Å²) in [7, 11) is 0. The Morgan fingerprint density at radius 1 is 1.33 bits per heavy atom. The number of carbonyl (C=O) groups excluding carboxylic acids is 1. The average Bonchev–Trinajstić information content (AvgIpc) is 2.98. The van der Waals surface area contributed by atoms with E-state index in [2.05, 4.69) is 10.4 Å². The van der Waals surface area contributed by atoms with Gasteiger partial charge in [-0.2, -0.15) is 5.10 Å². The number of nitrogens with one attached hydrogen (secondary N) is 1. The van der Waals surface area contributed by atoms with Crippen molar-refractivity contribution < 1.29 is 9.18 Å². The van der Waals surface area contributed by atoms with Crippen molar-refractivity contribution >= 4 is 5.91 Å². The molecule has 1 amide bonds. The Bertz CT molecular complexity index is 582. The molecule has 1 heterocycles. The van der Waals surface area contributed by atoms with Crippen molar-refractivity contribution in [3.05, 3.63) is 54.1 Å². The Labute approximate surface area is 123 Å². The summed E-state index contributed by atoms with van der Waals surface area (Å²) in [6.07, 6.45) is 3.56. The van der Waals surface area contributed by atoms with Crippen molar-refractivity contribution in [3.8, 4) is 0 Å². The maximum Gasteiger partial charge on any atom is 0.239 e. The number of hydrogen-bond donors (Lipinski definition) is 2. The van der Waals surface area contributed by atoms with Gasteiger partial charge in [-0.3, -0.25) is 14.8 Å². The van der Waals surface area contributed by atoms with Gasteiger partial charge in [-0.05, 0) is 37.6 Å². The minimum Gasteiger partial charge on any atom is -0.368 e. The Hall–Kier alpha value is -2.21. The molecule has 112 valence electrons. The van der Waals surface area contributed by atoms with E-state index in [-0.39, 0.29) is 17.9 Å². The van der Waals surface area contributed by atoms with Crippen LogP contribution in [-0.4, -0.2) is 21.7 Å². The van der Waals surface area contributed by atoms with Gasteiger partial charge in [0.15, 0.2) is 0 Å². The standard InChI is InChI=1S/C15H19FN4O/c1-10(11(2)20-9-3-8-18-20)19-14(15(17)21)12-4-6-13(16)7-5-12/h3-11,14,19H,1-2H3,(H2,17,21). The first-order valence-corrected chi connectivity index (χ1v) is 6.79. The number of amides is 1. The SMILES string of the molecule is CC(NC(C(N)=O)c1ccc(F)cc1)C(C)n1cccn1. The van der Waals surface area contributed by atoms with Crippen molar-refractivity contribution in [3.63, 3.8) is 0 Å². The highest BCUT2D eigenvalue weighted by atomic mass is 19.1. The number of nitrogens with zero attached hydrogens (tertiary/aromatic N) is 2. The second-order valence-electron chi connectivity index (χ2n) is 5.07. The zero-order valence-electron chi connectivity index (χ0n) is 12.0. The molecule has 5 nitrogen and oxygen atoms in total. The van der Waals surface area contributed by atoms with Crippen LogP contribution in [-0.2, 0) is 4.79 Å². The van der Waals surface area contributed by atoms with Crippen LogP contribution >= 0.6 is 0 Å². The number of hydrogen-bond acceptors (Lipinski definition) is 3. The number of primary amides is 1. The van der Waals surface area contributed by atoms with Gasteiger partial charge >= 0.3 is 0 Å². The van der Waals surface area contributed by atoms with Crippen molar-refractivity contribution in [1.82, 2.24) is 15.1 Å². The molecule has 0 radical (unpaired) electrons. The average molecular weight is 290 g/mol. The molecule has 0 aliphatic heterocycles. The Balaban J connectivity index is 2.13. The number of halogens is 1. The molecule has 6 heteroatoms. The second-order valence-corrected chi connectivity index (χ2v) is 5.07. The fourth-order valence-corrected chi connectivity index (χ4v) is 2.15. The Kier molecular flexibility index (Phi) is 4.70. The van der Waals surface area contributed by atoms with Crippen molar-refractivity contribution in [2.75, 3.05) is 0 Å². The van der Waals surface area contributed by atoms with Gasteiger partial charge in [-0.25, -0.2) is 4.39 Å². The van der Waals surface area contributed by atoms with E-state index in [0.29, 0.717) is 5.56 Å². The largest absolute Gasteiger partial charge is 0.368 e. The third-order valence-electron chi connectivity index (χ3n) is 3.58. The first-order chi connectivity index (χ1) is 9.99. The molecule has 0 saturated heterocycles. The quantitative estimate of drug-likeness (QED) is 0.852. The van der Waals surface area contributed by atoms with Crippen molar-refractivity contribution in [1.29, 1.82) is 0 Å². The van der Waals surface area contributed by atoms with Crippen LogP contribution in [0.5, 0.6) is 0 Å². The molecule has 1 aromatic carbocycles. The highest BCUT2D eigenvalue weighted by Gasteiger charge is 2.23. The molecule has 0 bridgehead atoms. The summed E-state index contributed by atoms with van der Waals surface area (Å²) in [4.78, 5) is 11.7. The molecule has 2 rings (SSSR count). The molecule has 0 aliphatic rings. The van der Waals surface area contributed by atoms with E-state index in [0.717, 1.165) is 0 Å². The molecule has 3 atom stereocenters. The topological polar surface area (TPSA) is 72.9 Å². The third kappa shape index (κ3) is 3.66. The summed E-state index contributed by atoms with van der Waals surface area (Å²) in [5.74, 6) is -0.846. The number of nitrogens with two attached hydrogens (primary N) is 1. The molecule has 2 aromatic rings. The maximum atomic E-state index is 13.0. The van der Waals surface area contributed by atoms with E-state index in [1.807, 2.05) is 26.1 Å². The molecule has 0 aliphatic carbocycles. The molecule has 3 unspecified atom stereocenters. The van der Waals surface area contributed by atoms with Crippen LogP contribution in [0, 0.1) is 5.82 Å². The number of benzene rings is 1. The van der Waals surface area contributed by atoms with E-state index < -0.39 is 11.9 Å². The molecule has 3 N–H and O–H groups in total. The number of aromatic nitrogens is 2. The van der Waals surface area contributed by atoms with Crippen molar-refractivity contribution in [2.24, 2.45) is 5.73 Å². The highest BCUT2D eigenvalue weighted by Crippen LogP contribution is 2.17. The van der Waals surface area contributed by atoms with Crippen LogP contribution in [0.2, 0.25) is 0 Å². The molecule has 0 spiro atoms. The van der Waals surface area contributed by atoms with Crippen LogP contribution in [0.1, 0.15) is 31.5 Å². The minimum absolute atomic E-state index is 0.0438. The van der Waals surface area contributed by atoms with E-state index in [4.69, 9.17) is 5.73 Å². The zero-order chi connectivity index (χ0) is 15.4. The van der Waals surface area contributed by atoms with Gasteiger partial charge in [0.25, 0.3) is 0 Å². The lowest BCUT2D eigenvalue weighted by atomic mass is 10.0. The van der Waals surface area contributed by atoms with E-state index in [1.165, 1.54) is 12.1 Å². The number of rotatable bonds is 6. The minimum atomic E-state index is -0.668. The monoisotopic (exact) mass is 290 g/mol. The van der Waals surface area contributed by atoms with Crippen LogP contribution in [0.15, 0.2) is 42.7 Å². The van der Waals surface area contributed by atoms with Gasteiger partial charge in [0, 0.05) is 18.4 Å². The summed E-state index contributed by atoms with van der Waals surface area (Å²) in [5, 5.41) is 7.37. The fraction of sp³-hybridized carbons (Fsp3) is 0.333. The zero-order valence-corrected chi connectivity index (χ0v) is 12.0. The van der Waals surface area contributed by atoms with E-state index in [1.54, 1.807) is 23.0 Å². The van der Waals surface area contributed by atoms with Gasteiger partial charge in [0.2, 0.25) is 5.91 Å². The van der Waals surface area contributed by atoms with Gasteiger partial charge in [0.05, 0.1) is 6.04 Å². The van der Waals surface area contributed by atoms with Crippen LogP contribution in [0.25, 0.3) is 0 Å². The smallest absolute Gasteiger partial charge is 0.239 e. The third-order valence-corrected chi connectivity index (χ3v) is 3.58. The Morgan fingerprint density at radius 2 is 2.00 bits per heavy atom. The van der Waals surface area contributed by atoms with Gasteiger partial charge in [-0.1, -0.05) is 12.1 Å². The second kappa shape index (κ2) is 6.49. The Morgan fingerprint density at radius 3 is 2.52 bits per heavy atom. The first-order valence-electron chi connectivity index (χ1n) is 6.79. The van der Waals surface area contributed by atoms with E-state index >= 15 is 0 Å². The van der Waals surface area contributed by atoms with Gasteiger partial charge < -0.3 is 5.73 Å². The van der Waals surface area contributed by atoms with Gasteiger partial charge in [-0.15, -0.1) is 0 Å². The lowest BCUT2D eigenvalue weighted by Crippen LogP contribution is -2.42. The highest BCUT2D eigenvalue weighted by molar-refractivity contribution is 5.81. The summed E-state index contributed by atoms with van der Waals surface area (Å²) in [5.41, 5.74) is 6.10. The summed E-state index contributed by atoms with van der Waals surface area (Å²) >= 11 is 0. The number of carbonyl (C=O) groups is 1. The summed E-state index contributed by atoms with van der Waals surface area (Å²) in [6.45, 7) is 3.94. The fourth-order valence-electron chi connectivity index (χ4n) is 2.15. The molecule has 1 aromatic heterocycles.